The molecule has 1 aromatic rings. The van der Waals surface area contributed by atoms with Gasteiger partial charge in [0.15, 0.2) is 5.92 Å². The molecule has 4 atom stereocenters. The van der Waals surface area contributed by atoms with Gasteiger partial charge in [-0.2, -0.15) is 26.3 Å². The number of halogens is 6. The van der Waals surface area contributed by atoms with Gasteiger partial charge < -0.3 is 20.2 Å². The van der Waals surface area contributed by atoms with E-state index in [9.17, 15) is 41.0 Å². The molecule has 3 aliphatic rings. The Balaban J connectivity index is 1.59. The van der Waals surface area contributed by atoms with E-state index < -0.39 is 48.2 Å². The van der Waals surface area contributed by atoms with Crippen molar-refractivity contribution < 1.29 is 41.0 Å². The van der Waals surface area contributed by atoms with E-state index in [0.29, 0.717) is 26.2 Å². The molecule has 0 spiro atoms. The molecule has 3 heterocycles. The molecule has 0 aliphatic carbocycles. The average molecular weight is 565 g/mol. The van der Waals surface area contributed by atoms with Crippen LogP contribution in [0.5, 0.6) is 0 Å². The van der Waals surface area contributed by atoms with Gasteiger partial charge in [-0.05, 0) is 29.0 Å². The summed E-state index contributed by atoms with van der Waals surface area (Å²) >= 11 is 0. The van der Waals surface area contributed by atoms with E-state index in [1.54, 1.807) is 9.80 Å². The molecule has 4 rings (SSSR count). The third kappa shape index (κ3) is 6.13. The fraction of sp³-hybridized carbons (Fsp3) is 0.692. The topological polar surface area (TPSA) is 76.1 Å². The van der Waals surface area contributed by atoms with Crippen LogP contribution in [0.4, 0.5) is 32.0 Å². The van der Waals surface area contributed by atoms with Gasteiger partial charge in [-0.1, -0.05) is 26.0 Å². The summed E-state index contributed by atoms with van der Waals surface area (Å²) in [6.45, 7) is 8.10. The van der Waals surface area contributed by atoms with Gasteiger partial charge in [0.1, 0.15) is 6.04 Å². The van der Waals surface area contributed by atoms with E-state index in [-0.39, 0.29) is 31.5 Å². The minimum absolute atomic E-state index is 0.0124. The molecule has 0 aromatic heterocycles. The number of piperazine rings is 1. The van der Waals surface area contributed by atoms with Gasteiger partial charge in [-0.15, -0.1) is 0 Å². The lowest BCUT2D eigenvalue weighted by molar-refractivity contribution is -0.293. The molecular formula is C26H34F6N4O3. The van der Waals surface area contributed by atoms with Crippen molar-refractivity contribution in [2.45, 2.75) is 57.7 Å². The highest BCUT2D eigenvalue weighted by Gasteiger charge is 2.66. The summed E-state index contributed by atoms with van der Waals surface area (Å²) in [6.07, 6.45) is -11.1. The second kappa shape index (κ2) is 10.8. The number of alkyl halides is 6. The van der Waals surface area contributed by atoms with Crippen LogP contribution in [-0.2, 0) is 16.1 Å². The first-order chi connectivity index (χ1) is 18.1. The number of carbonyl (C=O) groups is 2. The first kappa shape index (κ1) is 29.4. The SMILES string of the molecule is CC(=O)N1CCN(c2cc(C(C)C)ccc2CN2CC3C(C(=O)O)NC(C(C(F)(F)F)C(F)(F)F)C3C2)CC1. The molecule has 3 aliphatic heterocycles. The van der Waals surface area contributed by atoms with Gasteiger partial charge in [0.25, 0.3) is 0 Å². The summed E-state index contributed by atoms with van der Waals surface area (Å²) in [6, 6.07) is 2.35. The molecular weight excluding hydrogens is 530 g/mol. The Morgan fingerprint density at radius 1 is 1.00 bits per heavy atom. The fourth-order valence-electron chi connectivity index (χ4n) is 6.32. The number of rotatable bonds is 6. The molecule has 7 nitrogen and oxygen atoms in total. The summed E-state index contributed by atoms with van der Waals surface area (Å²) < 4.78 is 81.5. The minimum Gasteiger partial charge on any atom is -0.480 e. The van der Waals surface area contributed by atoms with Crippen molar-refractivity contribution in [3.63, 3.8) is 0 Å². The first-order valence-corrected chi connectivity index (χ1v) is 13.1. The number of anilines is 1. The fourth-order valence-corrected chi connectivity index (χ4v) is 6.32. The zero-order valence-electron chi connectivity index (χ0n) is 22.0. The Morgan fingerprint density at radius 2 is 1.59 bits per heavy atom. The summed E-state index contributed by atoms with van der Waals surface area (Å²) in [5.41, 5.74) is 2.85. The van der Waals surface area contributed by atoms with E-state index in [1.807, 2.05) is 32.0 Å². The number of carbonyl (C=O) groups excluding carboxylic acids is 1. The number of carboxylic acid groups (broad SMARTS) is 1. The highest BCUT2D eigenvalue weighted by molar-refractivity contribution is 5.75. The predicted molar refractivity (Wildman–Crippen MR) is 131 cm³/mol. The van der Waals surface area contributed by atoms with Crippen LogP contribution in [0.15, 0.2) is 18.2 Å². The highest BCUT2D eigenvalue weighted by Crippen LogP contribution is 2.49. The van der Waals surface area contributed by atoms with Crippen molar-refractivity contribution in [1.29, 1.82) is 0 Å². The number of hydrogen-bond acceptors (Lipinski definition) is 5. The lowest BCUT2D eigenvalue weighted by Crippen LogP contribution is -2.53. The molecule has 1 aromatic carbocycles. The molecule has 1 amide bonds. The summed E-state index contributed by atoms with van der Waals surface area (Å²) in [5, 5.41) is 11.8. The maximum atomic E-state index is 13.6. The molecule has 39 heavy (non-hydrogen) atoms. The number of benzene rings is 1. The van der Waals surface area contributed by atoms with Crippen molar-refractivity contribution in [2.24, 2.45) is 17.8 Å². The Bertz CT molecular complexity index is 1060. The van der Waals surface area contributed by atoms with Crippen LogP contribution in [0.2, 0.25) is 0 Å². The maximum absolute atomic E-state index is 13.6. The minimum atomic E-state index is -5.57. The van der Waals surface area contributed by atoms with Crippen LogP contribution >= 0.6 is 0 Å². The Labute approximate surface area is 223 Å². The zero-order valence-corrected chi connectivity index (χ0v) is 22.0. The molecule has 3 fully saturated rings. The number of nitrogens with zero attached hydrogens (tertiary/aromatic N) is 3. The number of hydrogen-bond donors (Lipinski definition) is 2. The number of likely N-dealkylation sites (tertiary alicyclic amines) is 1. The van der Waals surface area contributed by atoms with E-state index in [4.69, 9.17) is 0 Å². The van der Waals surface area contributed by atoms with Crippen LogP contribution in [0.1, 0.15) is 37.8 Å². The molecule has 4 unspecified atom stereocenters. The summed E-state index contributed by atoms with van der Waals surface area (Å²) in [4.78, 5) is 29.3. The maximum Gasteiger partial charge on any atom is 0.402 e. The van der Waals surface area contributed by atoms with Gasteiger partial charge >= 0.3 is 18.3 Å². The second-order valence-electron chi connectivity index (χ2n) is 11.1. The summed E-state index contributed by atoms with van der Waals surface area (Å²) in [7, 11) is 0. The lowest BCUT2D eigenvalue weighted by Gasteiger charge is -2.37. The standard InChI is InChI=1S/C26H34F6N4O3/c1-14(2)16-4-5-17(20(10-16)36-8-6-35(7-9-36)15(3)37)11-34-12-18-19(13-34)22(24(38)39)33-21(18)23(25(27,28)29)26(30,31)32/h4-5,10,14,18-19,21-23,33H,6-9,11-13H2,1-3H3,(H,38,39). The van der Waals surface area contributed by atoms with E-state index in [1.165, 1.54) is 6.92 Å². The predicted octanol–water partition coefficient (Wildman–Crippen LogP) is 3.69. The molecule has 218 valence electrons. The summed E-state index contributed by atoms with van der Waals surface area (Å²) in [5.74, 6) is -6.91. The van der Waals surface area contributed by atoms with Gasteiger partial charge in [-0.25, -0.2) is 0 Å². The van der Waals surface area contributed by atoms with Crippen LogP contribution < -0.4 is 10.2 Å². The highest BCUT2D eigenvalue weighted by atomic mass is 19.4. The van der Waals surface area contributed by atoms with Crippen molar-refractivity contribution in [1.82, 2.24) is 15.1 Å². The van der Waals surface area contributed by atoms with Crippen molar-refractivity contribution >= 4 is 17.6 Å². The van der Waals surface area contributed by atoms with Crippen molar-refractivity contribution in [3.05, 3.63) is 29.3 Å². The number of fused-ring (bicyclic) bond motifs is 1. The first-order valence-electron chi connectivity index (χ1n) is 13.1. The number of amides is 1. The number of aliphatic carboxylic acids is 1. The quantitative estimate of drug-likeness (QED) is 0.514. The molecule has 2 N–H and O–H groups in total. The molecule has 0 radical (unpaired) electrons. The Morgan fingerprint density at radius 3 is 2.10 bits per heavy atom. The molecule has 13 heteroatoms. The zero-order chi connectivity index (χ0) is 28.9. The van der Waals surface area contributed by atoms with Crippen LogP contribution in [-0.4, -0.2) is 90.5 Å². The smallest absolute Gasteiger partial charge is 0.402 e. The van der Waals surface area contributed by atoms with Crippen molar-refractivity contribution in [2.75, 3.05) is 44.2 Å². The van der Waals surface area contributed by atoms with Crippen molar-refractivity contribution in [3.8, 4) is 0 Å². The van der Waals surface area contributed by atoms with Crippen LogP contribution in [0.3, 0.4) is 0 Å². The Hall–Kier alpha value is -2.54. The number of carboxylic acids is 1. The van der Waals surface area contributed by atoms with Gasteiger partial charge in [0.2, 0.25) is 5.91 Å². The molecule has 3 saturated heterocycles. The largest absolute Gasteiger partial charge is 0.480 e. The normalized spacial score (nSPS) is 26.5. The van der Waals surface area contributed by atoms with Crippen LogP contribution in [0, 0.1) is 17.8 Å². The van der Waals surface area contributed by atoms with Gasteiger partial charge in [-0.3, -0.25) is 14.5 Å². The Kier molecular flexibility index (Phi) is 8.15. The molecule has 0 saturated carbocycles. The van der Waals surface area contributed by atoms with Gasteiger partial charge in [0.05, 0.1) is 0 Å². The van der Waals surface area contributed by atoms with E-state index in [0.717, 1.165) is 16.8 Å². The molecule has 0 bridgehead atoms. The average Bonchev–Trinajstić information content (AvgIpc) is 3.37. The lowest BCUT2D eigenvalue weighted by atomic mass is 9.84. The second-order valence-corrected chi connectivity index (χ2v) is 11.1. The monoisotopic (exact) mass is 564 g/mol. The number of nitrogens with one attached hydrogen (secondary N) is 1. The third-order valence-electron chi connectivity index (χ3n) is 8.32. The van der Waals surface area contributed by atoms with Crippen LogP contribution in [0.25, 0.3) is 0 Å². The van der Waals surface area contributed by atoms with Gasteiger partial charge in [0, 0.05) is 70.4 Å². The third-order valence-corrected chi connectivity index (χ3v) is 8.32. The van der Waals surface area contributed by atoms with E-state index >= 15 is 0 Å². The van der Waals surface area contributed by atoms with E-state index in [2.05, 4.69) is 10.2 Å².